The summed E-state index contributed by atoms with van der Waals surface area (Å²) in [5, 5.41) is 3.07. The Labute approximate surface area is 78.3 Å². The number of hydrogen-bond donors (Lipinski definition) is 1. The molecule has 0 saturated heterocycles. The van der Waals surface area contributed by atoms with Crippen molar-refractivity contribution >= 4 is 6.08 Å². The summed E-state index contributed by atoms with van der Waals surface area (Å²) in [6.45, 7) is 2.04. The highest BCUT2D eigenvalue weighted by Crippen LogP contribution is 2.05. The van der Waals surface area contributed by atoms with Gasteiger partial charge in [0.2, 0.25) is 0 Å². The molecule has 2 heteroatoms. The second kappa shape index (κ2) is 4.77. The molecule has 1 unspecified atom stereocenters. The Morgan fingerprint density at radius 3 is 2.85 bits per heavy atom. The quantitative estimate of drug-likeness (QED) is 0.751. The fraction of sp³-hybridized carbons (Fsp3) is 0.273. The van der Waals surface area contributed by atoms with Crippen LogP contribution in [0.3, 0.4) is 0 Å². The summed E-state index contributed by atoms with van der Waals surface area (Å²) in [6.07, 6.45) is 3.90. The van der Waals surface area contributed by atoms with Crippen molar-refractivity contribution in [2.75, 3.05) is 7.05 Å². The number of likely N-dealkylation sites (N-methyl/N-ethyl adjacent to an activating group) is 1. The molecule has 70 valence electrons. The third-order valence-electron chi connectivity index (χ3n) is 1.88. The lowest BCUT2D eigenvalue weighted by Crippen LogP contribution is -2.17. The highest BCUT2D eigenvalue weighted by atomic mass is 19.1. The van der Waals surface area contributed by atoms with Crippen molar-refractivity contribution in [3.63, 3.8) is 0 Å². The van der Waals surface area contributed by atoms with Gasteiger partial charge in [-0.15, -0.1) is 0 Å². The summed E-state index contributed by atoms with van der Waals surface area (Å²) in [6, 6.07) is 6.85. The van der Waals surface area contributed by atoms with Gasteiger partial charge in [0.05, 0.1) is 0 Å². The zero-order valence-electron chi connectivity index (χ0n) is 7.92. The summed E-state index contributed by atoms with van der Waals surface area (Å²) in [5.74, 6) is -0.195. The van der Waals surface area contributed by atoms with E-state index in [1.54, 1.807) is 6.07 Å². The van der Waals surface area contributed by atoms with Crippen LogP contribution in [-0.2, 0) is 0 Å². The van der Waals surface area contributed by atoms with Crippen LogP contribution in [0.5, 0.6) is 0 Å². The molecule has 0 fully saturated rings. The molecule has 1 atom stereocenters. The molecule has 0 aromatic heterocycles. The van der Waals surface area contributed by atoms with E-state index in [1.807, 2.05) is 32.2 Å². The lowest BCUT2D eigenvalue weighted by Gasteiger charge is -2.01. The molecule has 1 N–H and O–H groups in total. The number of halogens is 1. The van der Waals surface area contributed by atoms with E-state index >= 15 is 0 Å². The van der Waals surface area contributed by atoms with Crippen molar-refractivity contribution in [3.8, 4) is 0 Å². The molecule has 1 rings (SSSR count). The monoisotopic (exact) mass is 179 g/mol. The fourth-order valence-corrected chi connectivity index (χ4v) is 0.962. The Morgan fingerprint density at radius 1 is 1.46 bits per heavy atom. The predicted octanol–water partition coefficient (Wildman–Crippen LogP) is 2.45. The normalized spacial score (nSPS) is 13.5. The molecule has 0 spiro atoms. The van der Waals surface area contributed by atoms with Gasteiger partial charge in [0.15, 0.2) is 0 Å². The summed E-state index contributed by atoms with van der Waals surface area (Å²) < 4.78 is 12.7. The van der Waals surface area contributed by atoms with Crippen LogP contribution in [0.15, 0.2) is 30.3 Å². The first-order valence-corrected chi connectivity index (χ1v) is 4.33. The predicted molar refractivity (Wildman–Crippen MR) is 54.0 cm³/mol. The smallest absolute Gasteiger partial charge is 0.123 e. The lowest BCUT2D eigenvalue weighted by molar-refractivity contribution is 0.627. The molecule has 0 radical (unpaired) electrons. The van der Waals surface area contributed by atoms with Gasteiger partial charge in [-0.2, -0.15) is 0 Å². The Kier molecular flexibility index (Phi) is 3.65. The molecule has 0 bridgehead atoms. The largest absolute Gasteiger partial charge is 0.314 e. The van der Waals surface area contributed by atoms with E-state index in [-0.39, 0.29) is 5.82 Å². The van der Waals surface area contributed by atoms with Gasteiger partial charge in [0.25, 0.3) is 0 Å². The highest BCUT2D eigenvalue weighted by Gasteiger charge is 1.92. The molecule has 1 aromatic rings. The second-order valence-electron chi connectivity index (χ2n) is 2.99. The number of nitrogens with one attached hydrogen (secondary N) is 1. The second-order valence-corrected chi connectivity index (χ2v) is 2.99. The Hall–Kier alpha value is -1.15. The van der Waals surface area contributed by atoms with E-state index in [2.05, 4.69) is 5.32 Å². The van der Waals surface area contributed by atoms with E-state index in [0.717, 1.165) is 5.56 Å². The molecule has 1 aromatic carbocycles. The van der Waals surface area contributed by atoms with Crippen LogP contribution in [0, 0.1) is 5.82 Å². The van der Waals surface area contributed by atoms with E-state index in [1.165, 1.54) is 12.1 Å². The Bertz CT molecular complexity index is 294. The van der Waals surface area contributed by atoms with Crippen molar-refractivity contribution in [1.82, 2.24) is 5.32 Å². The first-order chi connectivity index (χ1) is 6.22. The molecule has 13 heavy (non-hydrogen) atoms. The highest BCUT2D eigenvalue weighted by molar-refractivity contribution is 5.49. The van der Waals surface area contributed by atoms with Gasteiger partial charge in [0.1, 0.15) is 5.82 Å². The molecular formula is C11H14FN. The van der Waals surface area contributed by atoms with Gasteiger partial charge in [-0.05, 0) is 31.7 Å². The van der Waals surface area contributed by atoms with Crippen molar-refractivity contribution in [2.45, 2.75) is 13.0 Å². The maximum atomic E-state index is 12.7. The van der Waals surface area contributed by atoms with Gasteiger partial charge < -0.3 is 5.32 Å². The molecule has 0 aliphatic heterocycles. The minimum absolute atomic E-state index is 0.195. The minimum Gasteiger partial charge on any atom is -0.314 e. The summed E-state index contributed by atoms with van der Waals surface area (Å²) in [7, 11) is 1.89. The minimum atomic E-state index is -0.195. The first-order valence-electron chi connectivity index (χ1n) is 4.33. The van der Waals surface area contributed by atoms with Crippen LogP contribution in [0.25, 0.3) is 6.08 Å². The number of rotatable bonds is 3. The number of benzene rings is 1. The molecule has 0 aliphatic carbocycles. The van der Waals surface area contributed by atoms with Gasteiger partial charge in [-0.3, -0.25) is 0 Å². The van der Waals surface area contributed by atoms with Crippen LogP contribution < -0.4 is 5.32 Å². The SMILES string of the molecule is CNC(C)/C=C/c1cccc(F)c1. The van der Waals surface area contributed by atoms with Crippen LogP contribution in [0.2, 0.25) is 0 Å². The van der Waals surface area contributed by atoms with E-state index in [0.29, 0.717) is 6.04 Å². The van der Waals surface area contributed by atoms with Gasteiger partial charge in [0, 0.05) is 6.04 Å². The van der Waals surface area contributed by atoms with Crippen LogP contribution in [0.1, 0.15) is 12.5 Å². The zero-order chi connectivity index (χ0) is 9.68. The van der Waals surface area contributed by atoms with Crippen LogP contribution in [-0.4, -0.2) is 13.1 Å². The molecule has 1 nitrogen and oxygen atoms in total. The maximum Gasteiger partial charge on any atom is 0.123 e. The summed E-state index contributed by atoms with van der Waals surface area (Å²) in [4.78, 5) is 0. The standard InChI is InChI=1S/C11H14FN/c1-9(13-2)6-7-10-4-3-5-11(12)8-10/h3-9,13H,1-2H3/b7-6+. The third kappa shape index (κ3) is 3.38. The maximum absolute atomic E-state index is 12.7. The summed E-state index contributed by atoms with van der Waals surface area (Å²) >= 11 is 0. The lowest BCUT2D eigenvalue weighted by atomic mass is 10.2. The van der Waals surface area contributed by atoms with Crippen molar-refractivity contribution in [1.29, 1.82) is 0 Å². The molecule has 0 saturated carbocycles. The first kappa shape index (κ1) is 9.93. The third-order valence-corrected chi connectivity index (χ3v) is 1.88. The van der Waals surface area contributed by atoms with Gasteiger partial charge in [-0.1, -0.05) is 24.3 Å². The molecule has 0 aliphatic rings. The number of hydrogen-bond acceptors (Lipinski definition) is 1. The average molecular weight is 179 g/mol. The van der Waals surface area contributed by atoms with E-state index in [9.17, 15) is 4.39 Å². The van der Waals surface area contributed by atoms with Crippen molar-refractivity contribution in [2.24, 2.45) is 0 Å². The topological polar surface area (TPSA) is 12.0 Å². The summed E-state index contributed by atoms with van der Waals surface area (Å²) in [5.41, 5.74) is 0.891. The van der Waals surface area contributed by atoms with Gasteiger partial charge in [-0.25, -0.2) is 4.39 Å². The van der Waals surface area contributed by atoms with Gasteiger partial charge >= 0.3 is 0 Å². The van der Waals surface area contributed by atoms with Crippen molar-refractivity contribution in [3.05, 3.63) is 41.7 Å². The van der Waals surface area contributed by atoms with E-state index < -0.39 is 0 Å². The fourth-order valence-electron chi connectivity index (χ4n) is 0.962. The van der Waals surface area contributed by atoms with E-state index in [4.69, 9.17) is 0 Å². The average Bonchev–Trinajstić information content (AvgIpc) is 2.14. The Balaban J connectivity index is 2.68. The molecule has 0 heterocycles. The van der Waals surface area contributed by atoms with Crippen LogP contribution in [0.4, 0.5) is 4.39 Å². The Morgan fingerprint density at radius 2 is 2.23 bits per heavy atom. The molecule has 0 amide bonds. The van der Waals surface area contributed by atoms with Crippen LogP contribution >= 0.6 is 0 Å². The molecular weight excluding hydrogens is 165 g/mol. The van der Waals surface area contributed by atoms with Crippen molar-refractivity contribution < 1.29 is 4.39 Å². The zero-order valence-corrected chi connectivity index (χ0v) is 7.92.